The fraction of sp³-hybridized carbons (Fsp3) is 0.429. The maximum Gasteiger partial charge on any atom is 0.321 e. The summed E-state index contributed by atoms with van der Waals surface area (Å²) in [6.07, 6.45) is 1.35. The molecular weight excluding hydrogens is 313 g/mol. The van der Waals surface area contributed by atoms with Crippen molar-refractivity contribution in [2.45, 2.75) is 12.8 Å². The van der Waals surface area contributed by atoms with Crippen molar-refractivity contribution in [1.29, 1.82) is 0 Å². The molecule has 1 fully saturated rings. The van der Waals surface area contributed by atoms with Crippen molar-refractivity contribution in [3.8, 4) is 0 Å². The highest BCUT2D eigenvalue weighted by atomic mass is 35.5. The van der Waals surface area contributed by atoms with Crippen LogP contribution >= 0.6 is 23.2 Å². The number of hydrogen-bond donors (Lipinski definition) is 2. The highest BCUT2D eigenvalue weighted by molar-refractivity contribution is 6.42. The number of carbonyl (C=O) groups is 2. The summed E-state index contributed by atoms with van der Waals surface area (Å²) in [5, 5.41) is 6.27. The Labute approximate surface area is 133 Å². The first kappa shape index (κ1) is 15.9. The van der Waals surface area contributed by atoms with E-state index >= 15 is 0 Å². The van der Waals surface area contributed by atoms with E-state index in [-0.39, 0.29) is 17.9 Å². The summed E-state index contributed by atoms with van der Waals surface area (Å²) in [4.78, 5) is 25.4. The van der Waals surface area contributed by atoms with Crippen molar-refractivity contribution >= 4 is 40.8 Å². The van der Waals surface area contributed by atoms with Gasteiger partial charge >= 0.3 is 6.03 Å². The van der Waals surface area contributed by atoms with E-state index in [0.29, 0.717) is 41.7 Å². The van der Waals surface area contributed by atoms with Gasteiger partial charge in [-0.05, 0) is 31.0 Å². The number of likely N-dealkylation sites (tertiary alicyclic amines) is 1. The molecular formula is C14H17Cl2N3O2. The lowest BCUT2D eigenvalue weighted by Gasteiger charge is -2.31. The van der Waals surface area contributed by atoms with E-state index in [1.807, 2.05) is 0 Å². The first-order valence-corrected chi connectivity index (χ1v) is 7.49. The number of halogens is 2. The zero-order valence-corrected chi connectivity index (χ0v) is 13.2. The van der Waals surface area contributed by atoms with Crippen LogP contribution in [0.4, 0.5) is 10.5 Å². The number of piperidine rings is 1. The van der Waals surface area contributed by atoms with Crippen molar-refractivity contribution in [1.82, 2.24) is 10.2 Å². The lowest BCUT2D eigenvalue weighted by molar-refractivity contribution is -0.125. The normalized spacial score (nSPS) is 15.7. The summed E-state index contributed by atoms with van der Waals surface area (Å²) < 4.78 is 0. The summed E-state index contributed by atoms with van der Waals surface area (Å²) in [5.41, 5.74) is 0.600. The zero-order valence-electron chi connectivity index (χ0n) is 11.7. The fourth-order valence-corrected chi connectivity index (χ4v) is 2.62. The first-order chi connectivity index (χ1) is 10.0. The van der Waals surface area contributed by atoms with E-state index in [2.05, 4.69) is 10.6 Å². The van der Waals surface area contributed by atoms with Crippen LogP contribution in [0.5, 0.6) is 0 Å². The van der Waals surface area contributed by atoms with Crippen molar-refractivity contribution < 1.29 is 9.59 Å². The number of rotatable bonds is 2. The van der Waals surface area contributed by atoms with E-state index in [0.717, 1.165) is 0 Å². The molecule has 0 radical (unpaired) electrons. The average molecular weight is 330 g/mol. The predicted octanol–water partition coefficient (Wildman–Crippen LogP) is 2.98. The van der Waals surface area contributed by atoms with E-state index in [1.54, 1.807) is 30.1 Å². The SMILES string of the molecule is CNC(=O)C1CCN(C(=O)Nc2ccc(Cl)c(Cl)c2)CC1. The average Bonchev–Trinajstić information content (AvgIpc) is 2.50. The van der Waals surface area contributed by atoms with Gasteiger partial charge in [-0.1, -0.05) is 23.2 Å². The topological polar surface area (TPSA) is 61.4 Å². The van der Waals surface area contributed by atoms with Crippen molar-refractivity contribution in [2.24, 2.45) is 5.92 Å². The second-order valence-corrected chi connectivity index (χ2v) is 5.75. The molecule has 2 rings (SSSR count). The number of benzene rings is 1. The van der Waals surface area contributed by atoms with Crippen LogP contribution in [0.2, 0.25) is 10.0 Å². The summed E-state index contributed by atoms with van der Waals surface area (Å²) in [5.74, 6) is 0.0311. The van der Waals surface area contributed by atoms with Gasteiger partial charge in [-0.3, -0.25) is 4.79 Å². The number of carbonyl (C=O) groups excluding carboxylic acids is 2. The van der Waals surface area contributed by atoms with Gasteiger partial charge < -0.3 is 15.5 Å². The third kappa shape index (κ3) is 4.02. The van der Waals surface area contributed by atoms with Gasteiger partial charge in [-0.2, -0.15) is 0 Å². The number of amides is 3. The molecule has 3 amide bonds. The lowest BCUT2D eigenvalue weighted by Crippen LogP contribution is -2.44. The second kappa shape index (κ2) is 7.00. The highest BCUT2D eigenvalue weighted by Crippen LogP contribution is 2.25. The summed E-state index contributed by atoms with van der Waals surface area (Å²) in [6.45, 7) is 1.12. The van der Waals surface area contributed by atoms with Gasteiger partial charge in [0.25, 0.3) is 0 Å². The molecule has 21 heavy (non-hydrogen) atoms. The molecule has 1 aromatic carbocycles. The monoisotopic (exact) mass is 329 g/mol. The molecule has 1 heterocycles. The van der Waals surface area contributed by atoms with Gasteiger partial charge in [0.2, 0.25) is 5.91 Å². The Bertz CT molecular complexity index is 543. The van der Waals surface area contributed by atoms with Crippen LogP contribution in [0.1, 0.15) is 12.8 Å². The molecule has 0 atom stereocenters. The molecule has 7 heteroatoms. The Kier molecular flexibility index (Phi) is 5.31. The number of anilines is 1. The molecule has 0 aliphatic carbocycles. The molecule has 0 aromatic heterocycles. The minimum Gasteiger partial charge on any atom is -0.359 e. The predicted molar refractivity (Wildman–Crippen MR) is 83.8 cm³/mol. The van der Waals surface area contributed by atoms with E-state index in [4.69, 9.17) is 23.2 Å². The third-order valence-electron chi connectivity index (χ3n) is 3.57. The summed E-state index contributed by atoms with van der Waals surface area (Å²) in [6, 6.07) is 4.75. The second-order valence-electron chi connectivity index (χ2n) is 4.93. The van der Waals surface area contributed by atoms with E-state index in [1.165, 1.54) is 0 Å². The molecule has 0 unspecified atom stereocenters. The molecule has 0 saturated carbocycles. The summed E-state index contributed by atoms with van der Waals surface area (Å²) >= 11 is 11.7. The standard InChI is InChI=1S/C14H17Cl2N3O2/c1-17-13(20)9-4-6-19(7-5-9)14(21)18-10-2-3-11(15)12(16)8-10/h2-3,8-9H,4-7H2,1H3,(H,17,20)(H,18,21). The Hall–Kier alpha value is -1.46. The Morgan fingerprint density at radius 3 is 2.43 bits per heavy atom. The van der Waals surface area contributed by atoms with Crippen molar-refractivity contribution in [3.05, 3.63) is 28.2 Å². The molecule has 5 nitrogen and oxygen atoms in total. The quantitative estimate of drug-likeness (QED) is 0.876. The Morgan fingerprint density at radius 1 is 1.19 bits per heavy atom. The van der Waals surface area contributed by atoms with Crippen LogP contribution in [-0.4, -0.2) is 37.0 Å². The van der Waals surface area contributed by atoms with Gasteiger partial charge in [0.1, 0.15) is 0 Å². The largest absolute Gasteiger partial charge is 0.359 e. The van der Waals surface area contributed by atoms with E-state index in [9.17, 15) is 9.59 Å². The smallest absolute Gasteiger partial charge is 0.321 e. The van der Waals surface area contributed by atoms with Crippen LogP contribution in [-0.2, 0) is 4.79 Å². The van der Waals surface area contributed by atoms with Crippen LogP contribution in [0, 0.1) is 5.92 Å². The first-order valence-electron chi connectivity index (χ1n) is 6.74. The van der Waals surface area contributed by atoms with Gasteiger partial charge in [0.05, 0.1) is 10.0 Å². The van der Waals surface area contributed by atoms with E-state index < -0.39 is 0 Å². The van der Waals surface area contributed by atoms with Gasteiger partial charge in [-0.15, -0.1) is 0 Å². The molecule has 1 aromatic rings. The molecule has 2 N–H and O–H groups in total. The number of nitrogens with one attached hydrogen (secondary N) is 2. The minimum absolute atomic E-state index is 0.0102. The number of urea groups is 1. The van der Waals surface area contributed by atoms with Gasteiger partial charge in [-0.25, -0.2) is 4.79 Å². The molecule has 1 aliphatic rings. The molecule has 114 valence electrons. The maximum atomic E-state index is 12.1. The Balaban J connectivity index is 1.90. The Morgan fingerprint density at radius 2 is 1.86 bits per heavy atom. The zero-order chi connectivity index (χ0) is 15.4. The molecule has 1 saturated heterocycles. The fourth-order valence-electron chi connectivity index (χ4n) is 2.33. The molecule has 1 aliphatic heterocycles. The summed E-state index contributed by atoms with van der Waals surface area (Å²) in [7, 11) is 1.63. The van der Waals surface area contributed by atoms with Crippen LogP contribution in [0.25, 0.3) is 0 Å². The van der Waals surface area contributed by atoms with Crippen LogP contribution in [0.3, 0.4) is 0 Å². The van der Waals surface area contributed by atoms with Crippen molar-refractivity contribution in [3.63, 3.8) is 0 Å². The highest BCUT2D eigenvalue weighted by Gasteiger charge is 2.26. The van der Waals surface area contributed by atoms with Crippen LogP contribution in [0.15, 0.2) is 18.2 Å². The minimum atomic E-state index is -0.191. The van der Waals surface area contributed by atoms with Gasteiger partial charge in [0.15, 0.2) is 0 Å². The van der Waals surface area contributed by atoms with Crippen LogP contribution < -0.4 is 10.6 Å². The third-order valence-corrected chi connectivity index (χ3v) is 4.31. The van der Waals surface area contributed by atoms with Crippen molar-refractivity contribution in [2.75, 3.05) is 25.5 Å². The number of hydrogen-bond acceptors (Lipinski definition) is 2. The molecule has 0 bridgehead atoms. The van der Waals surface area contributed by atoms with Gasteiger partial charge in [0, 0.05) is 31.7 Å². The maximum absolute atomic E-state index is 12.1. The number of nitrogens with zero attached hydrogens (tertiary/aromatic N) is 1. The lowest BCUT2D eigenvalue weighted by atomic mass is 9.96. The molecule has 0 spiro atoms.